The zero-order valence-corrected chi connectivity index (χ0v) is 25.4. The molecule has 194 valence electrons. The molecule has 0 atom stereocenters. The number of thiocarbonyl (C=S) groups is 2. The molecule has 6 heteroatoms. The molecular formula is C28H48N2S4. The predicted octanol–water partition coefficient (Wildman–Crippen LogP) is 9.31. The van der Waals surface area contributed by atoms with Crippen LogP contribution in [0.15, 0.2) is 24.3 Å². The van der Waals surface area contributed by atoms with Crippen molar-refractivity contribution in [2.45, 2.75) is 102 Å². The molecule has 2 nitrogen and oxygen atoms in total. The summed E-state index contributed by atoms with van der Waals surface area (Å²) in [7, 11) is 4.28. The Kier molecular flexibility index (Phi) is 19.5. The average molecular weight is 541 g/mol. The van der Waals surface area contributed by atoms with Gasteiger partial charge in [0.15, 0.2) is 0 Å². The molecule has 1 aromatic carbocycles. The Morgan fingerprint density at radius 2 is 0.971 bits per heavy atom. The normalized spacial score (nSPS) is 10.9. The minimum Gasteiger partial charge on any atom is -0.361 e. The first kappa shape index (κ1) is 31.7. The van der Waals surface area contributed by atoms with Gasteiger partial charge in [-0.15, -0.1) is 0 Å². The Morgan fingerprint density at radius 1 is 0.618 bits per heavy atom. The van der Waals surface area contributed by atoms with E-state index in [1.165, 1.54) is 88.2 Å². The molecule has 0 saturated carbocycles. The van der Waals surface area contributed by atoms with Gasteiger partial charge in [-0.2, -0.15) is 0 Å². The van der Waals surface area contributed by atoms with Crippen LogP contribution in [0.1, 0.15) is 102 Å². The number of thioether (sulfide) groups is 2. The maximum atomic E-state index is 5.71. The molecule has 0 aliphatic rings. The molecule has 1 rings (SSSR count). The monoisotopic (exact) mass is 540 g/mol. The summed E-state index contributed by atoms with van der Waals surface area (Å²) < 4.78 is 2.01. The predicted molar refractivity (Wildman–Crippen MR) is 166 cm³/mol. The number of nitrogens with zero attached hydrogens (tertiary/aromatic N) is 2. The van der Waals surface area contributed by atoms with Crippen LogP contribution in [0.4, 0.5) is 0 Å². The molecule has 0 aliphatic heterocycles. The molecule has 0 fully saturated rings. The van der Waals surface area contributed by atoms with Gasteiger partial charge >= 0.3 is 0 Å². The molecule has 1 aromatic rings. The largest absolute Gasteiger partial charge is 0.361 e. The molecular weight excluding hydrogens is 493 g/mol. The quantitative estimate of drug-likeness (QED) is 0.134. The van der Waals surface area contributed by atoms with Crippen LogP contribution in [0.3, 0.4) is 0 Å². The first-order chi connectivity index (χ1) is 16.5. The van der Waals surface area contributed by atoms with Gasteiger partial charge in [0.1, 0.15) is 8.64 Å². The third-order valence-corrected chi connectivity index (χ3v) is 9.50. The summed E-state index contributed by atoms with van der Waals surface area (Å²) in [4.78, 5) is 4.51. The number of hydrogen-bond acceptors (Lipinski definition) is 4. The van der Waals surface area contributed by atoms with Crippen LogP contribution in [0, 0.1) is 0 Å². The lowest BCUT2D eigenvalue weighted by Crippen LogP contribution is -2.24. The minimum atomic E-state index is 0.927. The van der Waals surface area contributed by atoms with Crippen LogP contribution in [-0.4, -0.2) is 45.6 Å². The Labute approximate surface area is 230 Å². The number of rotatable bonds is 18. The highest BCUT2D eigenvalue weighted by Crippen LogP contribution is 2.24. The first-order valence-corrected chi connectivity index (χ1v) is 16.1. The van der Waals surface area contributed by atoms with Crippen molar-refractivity contribution in [3.63, 3.8) is 0 Å². The molecule has 0 radical (unpaired) electrons. The summed E-state index contributed by atoms with van der Waals surface area (Å²) in [6, 6.07) is 8.75. The molecule has 0 spiro atoms. The van der Waals surface area contributed by atoms with Crippen molar-refractivity contribution >= 4 is 56.6 Å². The van der Waals surface area contributed by atoms with Crippen molar-refractivity contribution < 1.29 is 0 Å². The molecule has 0 saturated heterocycles. The maximum Gasteiger partial charge on any atom is 0.136 e. The van der Waals surface area contributed by atoms with Crippen LogP contribution < -0.4 is 0 Å². The third-order valence-electron chi connectivity index (χ3n) is 6.14. The average Bonchev–Trinajstić information content (AvgIpc) is 2.85. The lowest BCUT2D eigenvalue weighted by molar-refractivity contribution is 0.478. The molecule has 0 aliphatic carbocycles. The highest BCUT2D eigenvalue weighted by Gasteiger charge is 2.10. The van der Waals surface area contributed by atoms with Crippen LogP contribution in [-0.2, 0) is 11.5 Å². The fourth-order valence-electron chi connectivity index (χ4n) is 3.78. The second kappa shape index (κ2) is 20.8. The summed E-state index contributed by atoms with van der Waals surface area (Å²) in [6.07, 6.45) is 15.9. The summed E-state index contributed by atoms with van der Waals surface area (Å²) in [6.45, 7) is 6.66. The molecule has 0 aromatic heterocycles. The molecule has 0 N–H and O–H groups in total. The third kappa shape index (κ3) is 15.0. The van der Waals surface area contributed by atoms with Gasteiger partial charge < -0.3 is 9.80 Å². The summed E-state index contributed by atoms with van der Waals surface area (Å²) in [5.41, 5.74) is 2.74. The smallest absolute Gasteiger partial charge is 0.136 e. The van der Waals surface area contributed by atoms with Gasteiger partial charge in [-0.1, -0.05) is 150 Å². The number of unbranched alkanes of at least 4 members (excludes halogenated alkanes) is 10. The van der Waals surface area contributed by atoms with Gasteiger partial charge in [0, 0.05) is 38.7 Å². The van der Waals surface area contributed by atoms with E-state index < -0.39 is 0 Å². The second-order valence-electron chi connectivity index (χ2n) is 9.26. The van der Waals surface area contributed by atoms with E-state index in [1.54, 1.807) is 23.5 Å². The lowest BCUT2D eigenvalue weighted by Gasteiger charge is -2.21. The van der Waals surface area contributed by atoms with Crippen LogP contribution in [0.25, 0.3) is 0 Å². The summed E-state index contributed by atoms with van der Waals surface area (Å²) in [5, 5.41) is 0. The summed E-state index contributed by atoms with van der Waals surface area (Å²) in [5.74, 6) is 1.85. The van der Waals surface area contributed by atoms with E-state index in [9.17, 15) is 0 Å². The molecule has 0 bridgehead atoms. The van der Waals surface area contributed by atoms with Gasteiger partial charge in [-0.25, -0.2) is 0 Å². The Hall–Kier alpha value is -0.300. The Morgan fingerprint density at radius 3 is 1.35 bits per heavy atom. The van der Waals surface area contributed by atoms with Crippen molar-refractivity contribution in [3.05, 3.63) is 35.4 Å². The van der Waals surface area contributed by atoms with Crippen molar-refractivity contribution in [3.8, 4) is 0 Å². The number of benzene rings is 1. The van der Waals surface area contributed by atoms with E-state index in [-0.39, 0.29) is 0 Å². The van der Waals surface area contributed by atoms with Crippen molar-refractivity contribution in [2.24, 2.45) is 0 Å². The van der Waals surface area contributed by atoms with Crippen molar-refractivity contribution in [1.29, 1.82) is 0 Å². The molecule has 34 heavy (non-hydrogen) atoms. The zero-order chi connectivity index (χ0) is 25.0. The van der Waals surface area contributed by atoms with Crippen LogP contribution in [0.5, 0.6) is 0 Å². The van der Waals surface area contributed by atoms with Crippen molar-refractivity contribution in [2.75, 3.05) is 27.2 Å². The van der Waals surface area contributed by atoms with Gasteiger partial charge in [-0.05, 0) is 24.0 Å². The van der Waals surface area contributed by atoms with Crippen LogP contribution in [0.2, 0.25) is 0 Å². The van der Waals surface area contributed by atoms with Gasteiger partial charge in [0.25, 0.3) is 0 Å². The fourth-order valence-corrected chi connectivity index (χ4v) is 6.06. The van der Waals surface area contributed by atoms with Crippen LogP contribution >= 0.6 is 48.0 Å². The topological polar surface area (TPSA) is 6.48 Å². The van der Waals surface area contributed by atoms with Gasteiger partial charge in [-0.3, -0.25) is 0 Å². The Bertz CT molecular complexity index is 623. The van der Waals surface area contributed by atoms with Gasteiger partial charge in [0.05, 0.1) is 0 Å². The lowest BCUT2D eigenvalue weighted by atomic mass is 10.1. The standard InChI is InChI=1S/C28H48N2S4/c1-5-7-9-11-13-17-21-29(3)27(31)33-23-25-19-15-16-20-26(25)24-34-28(32)30(4)22-18-14-12-10-8-6-2/h15-16,19-20H,5-14,17-18,21-24H2,1-4H3. The minimum absolute atomic E-state index is 0.927. The van der Waals surface area contributed by atoms with E-state index >= 15 is 0 Å². The first-order valence-electron chi connectivity index (χ1n) is 13.3. The fraction of sp³-hybridized carbons (Fsp3) is 0.714. The number of hydrogen-bond donors (Lipinski definition) is 0. The molecule has 0 heterocycles. The summed E-state index contributed by atoms with van der Waals surface area (Å²) >= 11 is 15.0. The SMILES string of the molecule is CCCCCCCCN(C)C(=S)SCc1ccccc1CSC(=S)N(C)CCCCCCCC. The highest BCUT2D eigenvalue weighted by atomic mass is 32.2. The second-order valence-corrected chi connectivity index (χ2v) is 12.5. The maximum absolute atomic E-state index is 5.71. The van der Waals surface area contributed by atoms with Crippen molar-refractivity contribution in [1.82, 2.24) is 9.80 Å². The van der Waals surface area contributed by atoms with Gasteiger partial charge in [0.2, 0.25) is 0 Å². The van der Waals surface area contributed by atoms with E-state index in [0.29, 0.717) is 0 Å². The van der Waals surface area contributed by atoms with E-state index in [1.807, 2.05) is 0 Å². The highest BCUT2D eigenvalue weighted by molar-refractivity contribution is 8.22. The molecule has 0 unspecified atom stereocenters. The molecule has 0 amide bonds. The van der Waals surface area contributed by atoms with E-state index in [0.717, 1.165) is 33.2 Å². The Balaban J connectivity index is 2.35. The van der Waals surface area contributed by atoms with E-state index in [4.69, 9.17) is 24.4 Å². The van der Waals surface area contributed by atoms with E-state index in [2.05, 4.69) is 62.0 Å². The zero-order valence-electron chi connectivity index (χ0n) is 22.2.